The molecule has 0 aliphatic carbocycles. The Balaban J connectivity index is 1.04. The highest BCUT2D eigenvalue weighted by atomic mass is 16.7. The van der Waals surface area contributed by atoms with E-state index < -0.39 is 11.9 Å². The molecule has 1 amide bonds. The van der Waals surface area contributed by atoms with E-state index >= 15 is 0 Å². The predicted octanol–water partition coefficient (Wildman–Crippen LogP) is 7.07. The quantitative estimate of drug-likeness (QED) is 0.146. The molecule has 0 saturated carbocycles. The minimum absolute atomic E-state index is 0.0222. The van der Waals surface area contributed by atoms with Gasteiger partial charge in [0.05, 0.1) is 36.0 Å². The van der Waals surface area contributed by atoms with Gasteiger partial charge in [0.15, 0.2) is 6.29 Å². The summed E-state index contributed by atoms with van der Waals surface area (Å²) in [6, 6.07) is 31.3. The van der Waals surface area contributed by atoms with Crippen LogP contribution < -0.4 is 5.32 Å². The van der Waals surface area contributed by atoms with Crippen LogP contribution in [0.15, 0.2) is 103 Å². The van der Waals surface area contributed by atoms with Crippen LogP contribution in [0.5, 0.6) is 0 Å². The first kappa shape index (κ1) is 36.4. The number of aromatic nitrogens is 2. The van der Waals surface area contributed by atoms with Crippen molar-refractivity contribution in [3.8, 4) is 11.1 Å². The van der Waals surface area contributed by atoms with Gasteiger partial charge in [0.25, 0.3) is 5.91 Å². The number of nitrogens with one attached hydrogen (secondary N) is 1. The molecule has 4 atom stereocenters. The summed E-state index contributed by atoms with van der Waals surface area (Å²) in [6.07, 6.45) is 2.78. The molecule has 0 radical (unpaired) electrons. The second-order valence-corrected chi connectivity index (χ2v) is 14.8. The van der Waals surface area contributed by atoms with Gasteiger partial charge in [-0.15, -0.1) is 0 Å². The van der Waals surface area contributed by atoms with Crippen molar-refractivity contribution >= 4 is 22.9 Å². The van der Waals surface area contributed by atoms with Crippen molar-refractivity contribution in [3.63, 3.8) is 0 Å². The summed E-state index contributed by atoms with van der Waals surface area (Å²) in [5.41, 5.74) is 6.88. The number of likely N-dealkylation sites (tertiary alicyclic amines) is 1. The molecule has 4 aromatic carbocycles. The van der Waals surface area contributed by atoms with Crippen molar-refractivity contribution in [2.45, 2.75) is 83.3 Å². The van der Waals surface area contributed by atoms with E-state index in [2.05, 4.69) is 38.4 Å². The maximum Gasteiger partial charge on any atom is 0.323 e. The highest BCUT2D eigenvalue weighted by molar-refractivity contribution is 5.93. The predicted molar refractivity (Wildman–Crippen MR) is 201 cm³/mol. The Morgan fingerprint density at radius 2 is 1.64 bits per heavy atom. The highest BCUT2D eigenvalue weighted by Crippen LogP contribution is 2.39. The lowest BCUT2D eigenvalue weighted by Crippen LogP contribution is -2.45. The molecule has 7 rings (SSSR count). The lowest BCUT2D eigenvalue weighted by Gasteiger charge is -2.38. The van der Waals surface area contributed by atoms with Gasteiger partial charge in [-0.2, -0.15) is 0 Å². The largest absolute Gasteiger partial charge is 0.459 e. The highest BCUT2D eigenvalue weighted by Gasteiger charge is 2.39. The summed E-state index contributed by atoms with van der Waals surface area (Å²) in [5.74, 6) is -0.465. The fraction of sp³-hybridized carbons (Fsp3) is 0.349. The van der Waals surface area contributed by atoms with Gasteiger partial charge in [-0.05, 0) is 86.2 Å². The zero-order chi connectivity index (χ0) is 37.0. The number of hydrogen-bond donors (Lipinski definition) is 2. The number of benzene rings is 4. The first-order valence-corrected chi connectivity index (χ1v) is 18.3. The number of aliphatic hydroxyl groups excluding tert-OH is 1. The average Bonchev–Trinajstić information content (AvgIpc) is 3.64. The maximum atomic E-state index is 13.1. The van der Waals surface area contributed by atoms with Crippen molar-refractivity contribution in [2.75, 3.05) is 13.1 Å². The Kier molecular flexibility index (Phi) is 10.9. The molecule has 0 spiro atoms. The van der Waals surface area contributed by atoms with E-state index in [1.54, 1.807) is 0 Å². The number of para-hydroxylation sites is 2. The van der Waals surface area contributed by atoms with E-state index in [-0.39, 0.29) is 42.4 Å². The van der Waals surface area contributed by atoms with Gasteiger partial charge in [0, 0.05) is 25.1 Å². The summed E-state index contributed by atoms with van der Waals surface area (Å²) in [6.45, 7) is 7.41. The lowest BCUT2D eigenvalue weighted by atomic mass is 9.98. The summed E-state index contributed by atoms with van der Waals surface area (Å²) in [5, 5.41) is 12.6. The molecule has 3 heterocycles. The van der Waals surface area contributed by atoms with Gasteiger partial charge >= 0.3 is 5.97 Å². The fourth-order valence-electron chi connectivity index (χ4n) is 7.01. The molecule has 274 valence electrons. The van der Waals surface area contributed by atoms with Gasteiger partial charge in [0.1, 0.15) is 17.3 Å². The van der Waals surface area contributed by atoms with Crippen LogP contribution in [0.25, 0.3) is 22.2 Å². The van der Waals surface area contributed by atoms with Crippen LogP contribution in [0.2, 0.25) is 0 Å². The standard InChI is InChI=1S/C43H46N4O6/c1-43(2,3)53-41(50)38-12-7-21-47(38)26-34-23-39(31-15-13-28(27-48)14-16-31)52-42(51-34)32-19-17-30(18-20-32)33-9-6-8-29(22-33)24-45-40(49)37-25-44-35-10-4-5-11-36(35)46-37/h4-6,8-11,13-20,22,25,34,38-39,42,48H,7,12,21,23-24,26-27H2,1-3H3,(H,45,49)/t34-,38+,39+,42+/m1/s1. The first-order chi connectivity index (χ1) is 25.6. The lowest BCUT2D eigenvalue weighted by molar-refractivity contribution is -0.253. The average molecular weight is 715 g/mol. The molecule has 53 heavy (non-hydrogen) atoms. The van der Waals surface area contributed by atoms with Gasteiger partial charge in [-0.1, -0.05) is 78.9 Å². The molecule has 0 unspecified atom stereocenters. The Labute approximate surface area is 310 Å². The smallest absolute Gasteiger partial charge is 0.323 e. The van der Waals surface area contributed by atoms with Gasteiger partial charge < -0.3 is 24.6 Å². The Morgan fingerprint density at radius 1 is 0.887 bits per heavy atom. The molecule has 0 bridgehead atoms. The van der Waals surface area contributed by atoms with Crippen LogP contribution in [0, 0.1) is 0 Å². The van der Waals surface area contributed by atoms with Crippen molar-refractivity contribution in [1.29, 1.82) is 0 Å². The van der Waals surface area contributed by atoms with E-state index in [0.717, 1.165) is 58.3 Å². The van der Waals surface area contributed by atoms with Gasteiger partial charge in [-0.3, -0.25) is 19.5 Å². The number of hydrogen-bond acceptors (Lipinski definition) is 9. The van der Waals surface area contributed by atoms with Crippen molar-refractivity contribution in [3.05, 3.63) is 131 Å². The number of carbonyl (C=O) groups excluding carboxylic acids is 2. The molecule has 2 saturated heterocycles. The number of amides is 1. The molecular weight excluding hydrogens is 668 g/mol. The Morgan fingerprint density at radius 3 is 2.40 bits per heavy atom. The zero-order valence-electron chi connectivity index (χ0n) is 30.4. The molecular formula is C43H46N4O6. The minimum Gasteiger partial charge on any atom is -0.459 e. The monoisotopic (exact) mass is 714 g/mol. The molecule has 1 aromatic heterocycles. The van der Waals surface area contributed by atoms with Crippen LogP contribution in [-0.4, -0.2) is 62.7 Å². The summed E-state index contributed by atoms with van der Waals surface area (Å²) in [4.78, 5) is 37.0. The number of esters is 1. The van der Waals surface area contributed by atoms with E-state index in [0.29, 0.717) is 25.0 Å². The number of rotatable bonds is 10. The fourth-order valence-corrected chi connectivity index (χ4v) is 7.01. The van der Waals surface area contributed by atoms with Crippen LogP contribution in [0.1, 0.15) is 85.2 Å². The first-order valence-electron chi connectivity index (χ1n) is 18.3. The summed E-state index contributed by atoms with van der Waals surface area (Å²) >= 11 is 0. The number of aliphatic hydroxyl groups is 1. The van der Waals surface area contributed by atoms with Crippen LogP contribution in [0.3, 0.4) is 0 Å². The summed E-state index contributed by atoms with van der Waals surface area (Å²) in [7, 11) is 0. The van der Waals surface area contributed by atoms with E-state index in [1.165, 1.54) is 6.20 Å². The Hall–Kier alpha value is -5.00. The summed E-state index contributed by atoms with van der Waals surface area (Å²) < 4.78 is 19.0. The third-order valence-electron chi connectivity index (χ3n) is 9.67. The van der Waals surface area contributed by atoms with E-state index in [4.69, 9.17) is 14.2 Å². The number of ether oxygens (including phenoxy) is 3. The third kappa shape index (κ3) is 8.97. The number of fused-ring (bicyclic) bond motifs is 1. The van der Waals surface area contributed by atoms with E-state index in [1.807, 2.05) is 99.6 Å². The maximum absolute atomic E-state index is 13.1. The third-order valence-corrected chi connectivity index (χ3v) is 9.67. The number of nitrogens with zero attached hydrogens (tertiary/aromatic N) is 3. The molecule has 2 aliphatic heterocycles. The van der Waals surface area contributed by atoms with Gasteiger partial charge in [-0.25, -0.2) is 4.98 Å². The normalized spacial score (nSPS) is 20.7. The van der Waals surface area contributed by atoms with Crippen LogP contribution in [0.4, 0.5) is 0 Å². The SMILES string of the molecule is CC(C)(C)OC(=O)[C@@H]1CCCN1C[C@H]1C[C@@H](c2ccc(CO)cc2)O[C@@H](c2ccc(-c3cccc(CNC(=O)c4cnc5ccccc5n4)c3)cc2)O1. The molecule has 2 aliphatic rings. The molecule has 2 N–H and O–H groups in total. The van der Waals surface area contributed by atoms with Crippen LogP contribution in [-0.2, 0) is 32.2 Å². The topological polar surface area (TPSA) is 123 Å². The molecule has 5 aromatic rings. The molecule has 10 heteroatoms. The van der Waals surface area contributed by atoms with Crippen LogP contribution >= 0.6 is 0 Å². The zero-order valence-corrected chi connectivity index (χ0v) is 30.4. The van der Waals surface area contributed by atoms with Gasteiger partial charge in [0.2, 0.25) is 0 Å². The molecule has 2 fully saturated rings. The molecule has 10 nitrogen and oxygen atoms in total. The van der Waals surface area contributed by atoms with E-state index in [9.17, 15) is 14.7 Å². The second kappa shape index (κ2) is 15.9. The number of carbonyl (C=O) groups is 2. The van der Waals surface area contributed by atoms with Crippen molar-refractivity contribution in [1.82, 2.24) is 20.2 Å². The Bertz CT molecular complexity index is 2050. The minimum atomic E-state index is -0.618. The van der Waals surface area contributed by atoms with Crippen molar-refractivity contribution in [2.24, 2.45) is 0 Å². The second-order valence-electron chi connectivity index (χ2n) is 14.8. The van der Waals surface area contributed by atoms with Crippen molar-refractivity contribution < 1.29 is 28.9 Å².